The van der Waals surface area contributed by atoms with Gasteiger partial charge in [-0.1, -0.05) is 0 Å². The van der Waals surface area contributed by atoms with Gasteiger partial charge in [0.1, 0.15) is 5.41 Å². The van der Waals surface area contributed by atoms with E-state index in [1.54, 1.807) is 0 Å². The van der Waals surface area contributed by atoms with Crippen molar-refractivity contribution in [3.8, 4) is 0 Å². The average molecular weight is 239 g/mol. The topological polar surface area (TPSA) is 68.5 Å². The van der Waals surface area contributed by atoms with Gasteiger partial charge in [-0.05, 0) is 31.8 Å². The summed E-state index contributed by atoms with van der Waals surface area (Å²) in [5.74, 6) is 0.638. The molecule has 6 nitrogen and oxygen atoms in total. The van der Waals surface area contributed by atoms with E-state index in [0.29, 0.717) is 11.8 Å². The number of carbonyl (C=O) groups excluding carboxylic acids is 1. The van der Waals surface area contributed by atoms with Crippen LogP contribution in [0.2, 0.25) is 0 Å². The van der Waals surface area contributed by atoms with Crippen LogP contribution in [0.1, 0.15) is 32.6 Å². The number of hydrogen-bond acceptors (Lipinski definition) is 6. The van der Waals surface area contributed by atoms with E-state index >= 15 is 0 Å². The maximum absolute atomic E-state index is 11.7. The molecule has 0 unspecified atom stereocenters. The summed E-state index contributed by atoms with van der Waals surface area (Å²) in [6.45, 7) is 5.65. The summed E-state index contributed by atoms with van der Waals surface area (Å²) in [6.07, 6.45) is 1.44. The molecule has 1 fully saturated rings. The lowest BCUT2D eigenvalue weighted by Crippen LogP contribution is -2.24. The lowest BCUT2D eigenvalue weighted by atomic mass is 10.1. The highest BCUT2D eigenvalue weighted by atomic mass is 16.5. The Morgan fingerprint density at radius 1 is 1.47 bits per heavy atom. The minimum atomic E-state index is -0.673. The average Bonchev–Trinajstić information content (AvgIpc) is 3.03. The van der Waals surface area contributed by atoms with E-state index in [4.69, 9.17) is 9.26 Å². The van der Waals surface area contributed by atoms with Crippen molar-refractivity contribution in [3.63, 3.8) is 0 Å². The molecule has 0 radical (unpaired) electrons. The molecule has 1 aliphatic carbocycles. The highest BCUT2D eigenvalue weighted by Gasteiger charge is 2.57. The zero-order valence-electron chi connectivity index (χ0n) is 10.4. The van der Waals surface area contributed by atoms with E-state index in [1.807, 2.05) is 18.7 Å². The molecule has 94 valence electrons. The highest BCUT2D eigenvalue weighted by molar-refractivity contribution is 5.85. The van der Waals surface area contributed by atoms with Gasteiger partial charge in [0.15, 0.2) is 0 Å². The van der Waals surface area contributed by atoms with Crippen molar-refractivity contribution >= 4 is 11.9 Å². The molecule has 0 saturated heterocycles. The lowest BCUT2D eigenvalue weighted by Gasteiger charge is -2.14. The fraction of sp³-hybridized carbons (Fsp3) is 0.727. The molecule has 0 amide bonds. The molecule has 0 N–H and O–H groups in total. The lowest BCUT2D eigenvalue weighted by molar-refractivity contribution is -0.144. The SMILES string of the molecule is CCN(CC)c1noc(C2(C(=O)OC)CC2)n1. The summed E-state index contributed by atoms with van der Waals surface area (Å²) in [5, 5.41) is 3.91. The Bertz CT molecular complexity index is 408. The molecule has 1 aromatic heterocycles. The van der Waals surface area contributed by atoms with Gasteiger partial charge >= 0.3 is 5.97 Å². The van der Waals surface area contributed by atoms with Crippen molar-refractivity contribution in [1.29, 1.82) is 0 Å². The van der Waals surface area contributed by atoms with Crippen LogP contribution in [-0.2, 0) is 14.9 Å². The molecule has 1 saturated carbocycles. The molecule has 1 aliphatic rings. The second kappa shape index (κ2) is 4.35. The monoisotopic (exact) mass is 239 g/mol. The third-order valence-electron chi connectivity index (χ3n) is 3.20. The molecule has 17 heavy (non-hydrogen) atoms. The summed E-state index contributed by atoms with van der Waals surface area (Å²) in [4.78, 5) is 17.9. The predicted octanol–water partition coefficient (Wildman–Crippen LogP) is 1.12. The Labute approximate surface area is 99.9 Å². The molecule has 1 aromatic rings. The van der Waals surface area contributed by atoms with Gasteiger partial charge in [-0.25, -0.2) is 0 Å². The fourth-order valence-electron chi connectivity index (χ4n) is 1.87. The summed E-state index contributed by atoms with van der Waals surface area (Å²) < 4.78 is 9.97. The first-order valence-corrected chi connectivity index (χ1v) is 5.85. The van der Waals surface area contributed by atoms with Crippen molar-refractivity contribution < 1.29 is 14.1 Å². The Balaban J connectivity index is 2.21. The van der Waals surface area contributed by atoms with Crippen LogP contribution in [0.25, 0.3) is 0 Å². The first kappa shape index (κ1) is 11.9. The molecule has 0 aromatic carbocycles. The zero-order valence-corrected chi connectivity index (χ0v) is 10.4. The number of hydrogen-bond donors (Lipinski definition) is 0. The molecule has 1 heterocycles. The third kappa shape index (κ3) is 1.87. The Kier molecular flexibility index (Phi) is 3.04. The van der Waals surface area contributed by atoms with Crippen molar-refractivity contribution in [2.75, 3.05) is 25.1 Å². The van der Waals surface area contributed by atoms with Crippen LogP contribution in [-0.4, -0.2) is 36.3 Å². The summed E-state index contributed by atoms with van der Waals surface area (Å²) in [6, 6.07) is 0. The standard InChI is InChI=1S/C11H17N3O3/c1-4-14(5-2)10-12-8(17-13-10)11(6-7-11)9(15)16-3/h4-7H2,1-3H3. The van der Waals surface area contributed by atoms with Crippen molar-refractivity contribution in [2.45, 2.75) is 32.1 Å². The number of esters is 1. The van der Waals surface area contributed by atoms with Gasteiger partial charge in [-0.3, -0.25) is 4.79 Å². The molecule has 2 rings (SSSR count). The first-order valence-electron chi connectivity index (χ1n) is 5.85. The molecule has 0 spiro atoms. The van der Waals surface area contributed by atoms with Crippen LogP contribution in [0.5, 0.6) is 0 Å². The number of methoxy groups -OCH3 is 1. The number of rotatable bonds is 5. The fourth-order valence-corrected chi connectivity index (χ4v) is 1.87. The number of nitrogens with zero attached hydrogens (tertiary/aromatic N) is 3. The molecule has 6 heteroatoms. The van der Waals surface area contributed by atoms with Crippen molar-refractivity contribution in [1.82, 2.24) is 10.1 Å². The second-order valence-corrected chi connectivity index (χ2v) is 4.15. The van der Waals surface area contributed by atoms with Crippen LogP contribution in [0.15, 0.2) is 4.52 Å². The Morgan fingerprint density at radius 3 is 2.59 bits per heavy atom. The smallest absolute Gasteiger partial charge is 0.321 e. The summed E-state index contributed by atoms with van der Waals surface area (Å²) >= 11 is 0. The van der Waals surface area contributed by atoms with E-state index in [0.717, 1.165) is 25.9 Å². The third-order valence-corrected chi connectivity index (χ3v) is 3.20. The van der Waals surface area contributed by atoms with Crippen LogP contribution >= 0.6 is 0 Å². The summed E-state index contributed by atoms with van der Waals surface area (Å²) in [7, 11) is 1.38. The van der Waals surface area contributed by atoms with Crippen molar-refractivity contribution in [3.05, 3.63) is 5.89 Å². The first-order chi connectivity index (χ1) is 8.17. The maximum Gasteiger partial charge on any atom is 0.321 e. The van der Waals surface area contributed by atoms with Gasteiger partial charge in [0.25, 0.3) is 5.95 Å². The van der Waals surface area contributed by atoms with Gasteiger partial charge in [-0.2, -0.15) is 4.98 Å². The van der Waals surface area contributed by atoms with E-state index in [-0.39, 0.29) is 5.97 Å². The number of ether oxygens (including phenoxy) is 1. The Hall–Kier alpha value is -1.59. The molecular weight excluding hydrogens is 222 g/mol. The van der Waals surface area contributed by atoms with Gasteiger partial charge < -0.3 is 14.2 Å². The van der Waals surface area contributed by atoms with Crippen LogP contribution in [0.3, 0.4) is 0 Å². The van der Waals surface area contributed by atoms with Gasteiger partial charge in [0.05, 0.1) is 7.11 Å². The quantitative estimate of drug-likeness (QED) is 0.717. The summed E-state index contributed by atoms with van der Waals surface area (Å²) in [5.41, 5.74) is -0.673. The largest absolute Gasteiger partial charge is 0.468 e. The molecule has 0 atom stereocenters. The molecular formula is C11H17N3O3. The normalized spacial score (nSPS) is 16.6. The van der Waals surface area contributed by atoms with Crippen LogP contribution < -0.4 is 4.90 Å². The van der Waals surface area contributed by atoms with E-state index < -0.39 is 5.41 Å². The van der Waals surface area contributed by atoms with E-state index in [9.17, 15) is 4.79 Å². The van der Waals surface area contributed by atoms with Crippen LogP contribution in [0, 0.1) is 0 Å². The molecule has 0 aliphatic heterocycles. The highest BCUT2D eigenvalue weighted by Crippen LogP contribution is 2.48. The van der Waals surface area contributed by atoms with Gasteiger partial charge in [0, 0.05) is 13.1 Å². The van der Waals surface area contributed by atoms with E-state index in [2.05, 4.69) is 10.1 Å². The number of carbonyl (C=O) groups is 1. The van der Waals surface area contributed by atoms with Crippen molar-refractivity contribution in [2.24, 2.45) is 0 Å². The van der Waals surface area contributed by atoms with Crippen LogP contribution in [0.4, 0.5) is 5.95 Å². The number of anilines is 1. The van der Waals surface area contributed by atoms with E-state index in [1.165, 1.54) is 7.11 Å². The number of aromatic nitrogens is 2. The minimum absolute atomic E-state index is 0.285. The predicted molar refractivity (Wildman–Crippen MR) is 60.8 cm³/mol. The Morgan fingerprint density at radius 2 is 2.12 bits per heavy atom. The van der Waals surface area contributed by atoms with Gasteiger partial charge in [0.2, 0.25) is 5.89 Å². The van der Waals surface area contributed by atoms with Gasteiger partial charge in [-0.15, -0.1) is 0 Å². The minimum Gasteiger partial charge on any atom is -0.468 e. The molecule has 0 bridgehead atoms. The zero-order chi connectivity index (χ0) is 12.5. The second-order valence-electron chi connectivity index (χ2n) is 4.15. The maximum atomic E-state index is 11.7.